The first-order chi connectivity index (χ1) is 12.1. The van der Waals surface area contributed by atoms with Gasteiger partial charge in [-0.1, -0.05) is 48.0 Å². The number of benzene rings is 2. The molecule has 0 saturated carbocycles. The number of hydrogen-bond acceptors (Lipinski definition) is 3. The normalized spacial score (nSPS) is 10.4. The zero-order chi connectivity index (χ0) is 17.6. The van der Waals surface area contributed by atoms with Crippen molar-refractivity contribution in [1.29, 1.82) is 0 Å². The summed E-state index contributed by atoms with van der Waals surface area (Å²) in [5.74, 6) is -0.467. The van der Waals surface area contributed by atoms with E-state index in [1.165, 1.54) is 0 Å². The van der Waals surface area contributed by atoms with Crippen molar-refractivity contribution in [1.82, 2.24) is 10.3 Å². The van der Waals surface area contributed by atoms with Gasteiger partial charge in [-0.3, -0.25) is 14.6 Å². The quantitative estimate of drug-likeness (QED) is 0.754. The first kappa shape index (κ1) is 16.6. The second kappa shape index (κ2) is 7.57. The van der Waals surface area contributed by atoms with Crippen LogP contribution >= 0.6 is 0 Å². The Balaban J connectivity index is 1.55. The number of anilines is 1. The van der Waals surface area contributed by atoms with Crippen LogP contribution in [0.25, 0.3) is 10.9 Å². The van der Waals surface area contributed by atoms with Crippen molar-refractivity contribution >= 4 is 28.4 Å². The van der Waals surface area contributed by atoms with E-state index in [1.54, 1.807) is 12.3 Å². The Morgan fingerprint density at radius 1 is 0.960 bits per heavy atom. The van der Waals surface area contributed by atoms with E-state index in [-0.39, 0.29) is 24.8 Å². The molecule has 2 amide bonds. The van der Waals surface area contributed by atoms with Crippen LogP contribution in [0.2, 0.25) is 0 Å². The van der Waals surface area contributed by atoms with Gasteiger partial charge in [0.05, 0.1) is 24.2 Å². The summed E-state index contributed by atoms with van der Waals surface area (Å²) in [5, 5.41) is 6.39. The number of para-hydroxylation sites is 1. The zero-order valence-corrected chi connectivity index (χ0v) is 14.0. The second-order valence-corrected chi connectivity index (χ2v) is 5.87. The first-order valence-corrected chi connectivity index (χ1v) is 8.07. The van der Waals surface area contributed by atoms with Crippen molar-refractivity contribution in [3.05, 3.63) is 71.9 Å². The molecule has 1 aromatic heterocycles. The molecule has 25 heavy (non-hydrogen) atoms. The molecule has 0 spiro atoms. The highest BCUT2D eigenvalue weighted by Gasteiger charge is 2.09. The monoisotopic (exact) mass is 333 g/mol. The number of rotatable bonds is 5. The molecule has 0 aliphatic heterocycles. The van der Waals surface area contributed by atoms with Crippen LogP contribution in [0.15, 0.2) is 60.8 Å². The van der Waals surface area contributed by atoms with Crippen molar-refractivity contribution in [3.8, 4) is 0 Å². The van der Waals surface area contributed by atoms with E-state index in [4.69, 9.17) is 0 Å². The predicted octanol–water partition coefficient (Wildman–Crippen LogP) is 2.84. The van der Waals surface area contributed by atoms with Gasteiger partial charge in [-0.2, -0.15) is 0 Å². The van der Waals surface area contributed by atoms with Crippen LogP contribution in [0.5, 0.6) is 0 Å². The summed E-state index contributed by atoms with van der Waals surface area (Å²) in [7, 11) is 0. The maximum Gasteiger partial charge on any atom is 0.243 e. The molecule has 0 fully saturated rings. The van der Waals surface area contributed by atoms with Crippen molar-refractivity contribution in [2.75, 3.05) is 11.9 Å². The number of carbonyl (C=O) groups excluding carboxylic acids is 2. The molecule has 2 N–H and O–H groups in total. The van der Waals surface area contributed by atoms with Gasteiger partial charge in [0.25, 0.3) is 0 Å². The number of hydrogen-bond donors (Lipinski definition) is 2. The summed E-state index contributed by atoms with van der Waals surface area (Å²) >= 11 is 0. The van der Waals surface area contributed by atoms with Crippen LogP contribution in [0.4, 0.5) is 5.69 Å². The Hall–Kier alpha value is -3.21. The number of amides is 2. The van der Waals surface area contributed by atoms with Gasteiger partial charge in [0.1, 0.15) is 0 Å². The highest BCUT2D eigenvalue weighted by atomic mass is 16.2. The molecular weight excluding hydrogens is 314 g/mol. The van der Waals surface area contributed by atoms with Crippen molar-refractivity contribution in [2.24, 2.45) is 0 Å². The fourth-order valence-corrected chi connectivity index (χ4v) is 2.53. The third-order valence-electron chi connectivity index (χ3n) is 3.84. The molecule has 0 unspecified atom stereocenters. The molecule has 0 atom stereocenters. The molecule has 5 heteroatoms. The van der Waals surface area contributed by atoms with Crippen LogP contribution in [0.3, 0.4) is 0 Å². The Labute approximate surface area is 146 Å². The molecule has 3 aromatic rings. The number of pyridine rings is 1. The van der Waals surface area contributed by atoms with E-state index in [0.29, 0.717) is 5.69 Å². The number of nitrogens with one attached hydrogen (secondary N) is 2. The molecule has 0 bridgehead atoms. The minimum atomic E-state index is -0.282. The summed E-state index contributed by atoms with van der Waals surface area (Å²) in [5.41, 5.74) is 3.43. The summed E-state index contributed by atoms with van der Waals surface area (Å²) in [6, 6.07) is 17.1. The smallest absolute Gasteiger partial charge is 0.243 e. The molecule has 0 saturated heterocycles. The fraction of sp³-hybridized carbons (Fsp3) is 0.150. The highest BCUT2D eigenvalue weighted by molar-refractivity contribution is 6.01. The first-order valence-electron chi connectivity index (χ1n) is 8.07. The summed E-state index contributed by atoms with van der Waals surface area (Å²) in [4.78, 5) is 28.4. The number of aryl methyl sites for hydroxylation is 1. The van der Waals surface area contributed by atoms with Gasteiger partial charge in [-0.05, 0) is 24.6 Å². The Bertz CT molecular complexity index is 899. The number of aromatic nitrogens is 1. The van der Waals surface area contributed by atoms with Crippen LogP contribution < -0.4 is 10.6 Å². The van der Waals surface area contributed by atoms with E-state index in [9.17, 15) is 9.59 Å². The van der Waals surface area contributed by atoms with Gasteiger partial charge < -0.3 is 10.6 Å². The number of carbonyl (C=O) groups is 2. The SMILES string of the molecule is Cc1ccc(CC(=O)NCC(=O)Nc2cccc3cccnc23)cc1. The summed E-state index contributed by atoms with van der Waals surface area (Å²) in [6.45, 7) is 1.92. The molecule has 5 nitrogen and oxygen atoms in total. The molecule has 126 valence electrons. The van der Waals surface area contributed by atoms with Gasteiger partial charge in [-0.25, -0.2) is 0 Å². The lowest BCUT2D eigenvalue weighted by molar-refractivity contribution is -0.123. The van der Waals surface area contributed by atoms with Gasteiger partial charge in [0, 0.05) is 11.6 Å². The number of nitrogens with zero attached hydrogens (tertiary/aromatic N) is 1. The predicted molar refractivity (Wildman–Crippen MR) is 98.3 cm³/mol. The Kier molecular flexibility index (Phi) is 5.04. The van der Waals surface area contributed by atoms with E-state index in [1.807, 2.05) is 55.5 Å². The van der Waals surface area contributed by atoms with Gasteiger partial charge in [0.15, 0.2) is 0 Å². The van der Waals surface area contributed by atoms with Crippen molar-refractivity contribution in [2.45, 2.75) is 13.3 Å². The lowest BCUT2D eigenvalue weighted by Crippen LogP contribution is -2.33. The van der Waals surface area contributed by atoms with E-state index in [2.05, 4.69) is 15.6 Å². The average Bonchev–Trinajstić information content (AvgIpc) is 2.62. The Morgan fingerprint density at radius 2 is 1.72 bits per heavy atom. The number of fused-ring (bicyclic) bond motifs is 1. The largest absolute Gasteiger partial charge is 0.347 e. The summed E-state index contributed by atoms with van der Waals surface area (Å²) < 4.78 is 0. The molecule has 1 heterocycles. The lowest BCUT2D eigenvalue weighted by Gasteiger charge is -2.09. The standard InChI is InChI=1S/C20H19N3O2/c1-14-7-9-15(10-8-14)12-18(24)22-13-19(25)23-17-6-2-4-16-5-3-11-21-20(16)17/h2-11H,12-13H2,1H3,(H,22,24)(H,23,25). The van der Waals surface area contributed by atoms with Crippen LogP contribution in [0, 0.1) is 6.92 Å². The minimum absolute atomic E-state index is 0.0755. The average molecular weight is 333 g/mol. The van der Waals surface area contributed by atoms with Gasteiger partial charge in [0.2, 0.25) is 11.8 Å². The molecule has 0 radical (unpaired) electrons. The maximum absolute atomic E-state index is 12.1. The third-order valence-corrected chi connectivity index (χ3v) is 3.84. The summed E-state index contributed by atoms with van der Waals surface area (Å²) in [6.07, 6.45) is 1.94. The highest BCUT2D eigenvalue weighted by Crippen LogP contribution is 2.20. The van der Waals surface area contributed by atoms with Crippen molar-refractivity contribution in [3.63, 3.8) is 0 Å². The van der Waals surface area contributed by atoms with E-state index >= 15 is 0 Å². The lowest BCUT2D eigenvalue weighted by atomic mass is 10.1. The molecule has 0 aliphatic carbocycles. The molecule has 2 aromatic carbocycles. The molecule has 3 rings (SSSR count). The Morgan fingerprint density at radius 3 is 2.52 bits per heavy atom. The topological polar surface area (TPSA) is 71.1 Å². The zero-order valence-electron chi connectivity index (χ0n) is 14.0. The van der Waals surface area contributed by atoms with Crippen LogP contribution in [0.1, 0.15) is 11.1 Å². The maximum atomic E-state index is 12.1. The minimum Gasteiger partial charge on any atom is -0.347 e. The van der Waals surface area contributed by atoms with E-state index < -0.39 is 0 Å². The third kappa shape index (κ3) is 4.41. The molecule has 0 aliphatic rings. The van der Waals surface area contributed by atoms with Crippen LogP contribution in [-0.2, 0) is 16.0 Å². The van der Waals surface area contributed by atoms with Crippen molar-refractivity contribution < 1.29 is 9.59 Å². The van der Waals surface area contributed by atoms with Crippen LogP contribution in [-0.4, -0.2) is 23.3 Å². The fourth-order valence-electron chi connectivity index (χ4n) is 2.53. The van der Waals surface area contributed by atoms with Gasteiger partial charge >= 0.3 is 0 Å². The second-order valence-electron chi connectivity index (χ2n) is 5.87. The van der Waals surface area contributed by atoms with E-state index in [0.717, 1.165) is 22.0 Å². The molecular formula is C20H19N3O2. The van der Waals surface area contributed by atoms with Gasteiger partial charge in [-0.15, -0.1) is 0 Å².